The van der Waals surface area contributed by atoms with Crippen LogP contribution in [-0.4, -0.2) is 35.0 Å². The summed E-state index contributed by atoms with van der Waals surface area (Å²) in [5.74, 6) is 4.15. The van der Waals surface area contributed by atoms with E-state index in [4.69, 9.17) is 11.6 Å². The van der Waals surface area contributed by atoms with Gasteiger partial charge in [-0.15, -0.1) is 0 Å². The molecular weight excluding hydrogens is 476 g/mol. The first kappa shape index (κ1) is 27.2. The zero-order valence-corrected chi connectivity index (χ0v) is 22.9. The second-order valence-corrected chi connectivity index (χ2v) is 10.4. The molecule has 1 heterocycles. The Morgan fingerprint density at radius 3 is 2.42 bits per heavy atom. The maximum absolute atomic E-state index is 13.3. The van der Waals surface area contributed by atoms with Crippen LogP contribution in [0.5, 0.6) is 0 Å². The summed E-state index contributed by atoms with van der Waals surface area (Å²) in [6.07, 6.45) is 0.759. The van der Waals surface area contributed by atoms with Crippen molar-refractivity contribution in [2.45, 2.75) is 53.5 Å². The number of nitrogens with zero attached hydrogens (tertiary/aromatic N) is 2. The molecule has 0 saturated carbocycles. The second kappa shape index (κ2) is 10.9. The van der Waals surface area contributed by atoms with E-state index in [1.54, 1.807) is 11.9 Å². The van der Waals surface area contributed by atoms with Gasteiger partial charge in [-0.05, 0) is 91.3 Å². The summed E-state index contributed by atoms with van der Waals surface area (Å²) >= 11 is 0. The number of rotatable bonds is 7. The molecule has 5 N–H and O–H groups in total. The monoisotopic (exact) mass is 514 g/mol. The van der Waals surface area contributed by atoms with Crippen LogP contribution >= 0.6 is 0 Å². The van der Waals surface area contributed by atoms with Crippen molar-refractivity contribution < 1.29 is 14.7 Å². The van der Waals surface area contributed by atoms with Crippen molar-refractivity contribution in [2.75, 3.05) is 23.8 Å². The average Bonchev–Trinajstić information content (AvgIpc) is 2.91. The van der Waals surface area contributed by atoms with Crippen LogP contribution in [-0.2, 0) is 17.8 Å². The number of fused-ring (bicyclic) bond motifs is 1. The van der Waals surface area contributed by atoms with E-state index in [-0.39, 0.29) is 5.91 Å². The SMILES string of the molecule is CCN(N)c1ccc(C(c2ccc3c(c2)CN(C(=O)c2ccc(C)c(C)c2)CC3)C(C)C(=O)O)c(C)c1N. The van der Waals surface area contributed by atoms with E-state index in [0.29, 0.717) is 30.9 Å². The topological polar surface area (TPSA) is 113 Å². The number of carboxylic acids is 1. The molecular formula is C31H38N4O3. The average molecular weight is 515 g/mol. The second-order valence-electron chi connectivity index (χ2n) is 10.4. The number of anilines is 2. The summed E-state index contributed by atoms with van der Waals surface area (Å²) in [6.45, 7) is 11.4. The van der Waals surface area contributed by atoms with E-state index in [1.807, 2.05) is 69.0 Å². The zero-order valence-electron chi connectivity index (χ0n) is 22.9. The Hall–Kier alpha value is -3.84. The number of nitrogens with two attached hydrogens (primary N) is 2. The van der Waals surface area contributed by atoms with Crippen molar-refractivity contribution in [2.24, 2.45) is 11.8 Å². The molecule has 2 atom stereocenters. The maximum atomic E-state index is 13.3. The van der Waals surface area contributed by atoms with Crippen LogP contribution in [0.2, 0.25) is 0 Å². The van der Waals surface area contributed by atoms with E-state index in [2.05, 4.69) is 12.1 Å². The van der Waals surface area contributed by atoms with Crippen LogP contribution in [0.3, 0.4) is 0 Å². The molecule has 1 amide bonds. The number of hydrogen-bond acceptors (Lipinski definition) is 5. The minimum Gasteiger partial charge on any atom is -0.481 e. The summed E-state index contributed by atoms with van der Waals surface area (Å²) in [6, 6.07) is 15.8. The summed E-state index contributed by atoms with van der Waals surface area (Å²) in [5, 5.41) is 11.6. The van der Waals surface area contributed by atoms with Crippen LogP contribution in [0.15, 0.2) is 48.5 Å². The largest absolute Gasteiger partial charge is 0.481 e. The fourth-order valence-corrected chi connectivity index (χ4v) is 5.37. The highest BCUT2D eigenvalue weighted by Gasteiger charge is 2.31. The first-order chi connectivity index (χ1) is 18.0. The third-order valence-corrected chi connectivity index (χ3v) is 8.05. The molecule has 0 radical (unpaired) electrons. The molecule has 3 aromatic carbocycles. The highest BCUT2D eigenvalue weighted by atomic mass is 16.4. The van der Waals surface area contributed by atoms with Crippen molar-refractivity contribution in [1.82, 2.24) is 4.90 Å². The molecule has 0 spiro atoms. The molecule has 1 aliphatic heterocycles. The highest BCUT2D eigenvalue weighted by molar-refractivity contribution is 5.94. The summed E-state index contributed by atoms with van der Waals surface area (Å²) in [7, 11) is 0. The van der Waals surface area contributed by atoms with Gasteiger partial charge in [0.2, 0.25) is 0 Å². The van der Waals surface area contributed by atoms with E-state index in [0.717, 1.165) is 45.5 Å². The Morgan fingerprint density at radius 2 is 1.76 bits per heavy atom. The number of aryl methyl sites for hydroxylation is 2. The molecule has 0 aliphatic carbocycles. The smallest absolute Gasteiger partial charge is 0.307 e. The third kappa shape index (κ3) is 5.11. The lowest BCUT2D eigenvalue weighted by Crippen LogP contribution is -2.36. The van der Waals surface area contributed by atoms with Gasteiger partial charge in [0.15, 0.2) is 0 Å². The lowest BCUT2D eigenvalue weighted by atomic mass is 9.78. The summed E-state index contributed by atoms with van der Waals surface area (Å²) < 4.78 is 0. The van der Waals surface area contributed by atoms with Gasteiger partial charge in [-0.1, -0.05) is 37.3 Å². The van der Waals surface area contributed by atoms with Crippen molar-refractivity contribution in [3.63, 3.8) is 0 Å². The molecule has 38 heavy (non-hydrogen) atoms. The zero-order chi connectivity index (χ0) is 27.7. The standard InChI is InChI=1S/C31H38N4O3/c1-6-35(33)27-12-11-26(20(4)29(27)32)28(21(5)31(37)38)23-10-9-22-13-14-34(17-25(22)16-23)30(36)24-8-7-18(2)19(3)15-24/h7-12,15-16,21,28H,6,13-14,17,32-33H2,1-5H3,(H,37,38). The van der Waals surface area contributed by atoms with Crippen molar-refractivity contribution >= 4 is 23.3 Å². The lowest BCUT2D eigenvalue weighted by Gasteiger charge is -2.31. The number of carbonyl (C=O) groups is 2. The van der Waals surface area contributed by atoms with Gasteiger partial charge in [-0.3, -0.25) is 9.59 Å². The normalized spacial score (nSPS) is 14.5. The number of carboxylic acid groups (broad SMARTS) is 1. The van der Waals surface area contributed by atoms with Gasteiger partial charge in [0.25, 0.3) is 5.91 Å². The van der Waals surface area contributed by atoms with E-state index in [9.17, 15) is 14.7 Å². The summed E-state index contributed by atoms with van der Waals surface area (Å²) in [5.41, 5.74) is 15.5. The van der Waals surface area contributed by atoms with Crippen LogP contribution in [0.4, 0.5) is 11.4 Å². The molecule has 7 nitrogen and oxygen atoms in total. The number of carbonyl (C=O) groups excluding carboxylic acids is 1. The van der Waals surface area contributed by atoms with Crippen LogP contribution in [0, 0.1) is 26.7 Å². The molecule has 2 unspecified atom stereocenters. The van der Waals surface area contributed by atoms with Crippen LogP contribution < -0.4 is 16.6 Å². The van der Waals surface area contributed by atoms with E-state index < -0.39 is 17.8 Å². The number of benzene rings is 3. The van der Waals surface area contributed by atoms with E-state index >= 15 is 0 Å². The number of amides is 1. The van der Waals surface area contributed by atoms with Crippen LogP contribution in [0.25, 0.3) is 0 Å². The molecule has 3 aromatic rings. The Labute approximate surface area is 225 Å². The minimum absolute atomic E-state index is 0.0149. The fraction of sp³-hybridized carbons (Fsp3) is 0.355. The number of hydrazine groups is 1. The Bertz CT molecular complexity index is 1380. The number of hydrogen-bond donors (Lipinski definition) is 3. The van der Waals surface area contributed by atoms with Gasteiger partial charge < -0.3 is 20.7 Å². The molecule has 0 bridgehead atoms. The molecule has 1 aliphatic rings. The van der Waals surface area contributed by atoms with Gasteiger partial charge in [0.05, 0.1) is 17.3 Å². The predicted molar refractivity (Wildman–Crippen MR) is 152 cm³/mol. The van der Waals surface area contributed by atoms with Gasteiger partial charge in [0.1, 0.15) is 0 Å². The molecule has 200 valence electrons. The fourth-order valence-electron chi connectivity index (χ4n) is 5.37. The lowest BCUT2D eigenvalue weighted by molar-refractivity contribution is -0.141. The molecule has 0 aromatic heterocycles. The third-order valence-electron chi connectivity index (χ3n) is 8.05. The Balaban J connectivity index is 1.71. The van der Waals surface area contributed by atoms with Crippen molar-refractivity contribution in [3.05, 3.63) is 93.0 Å². The van der Waals surface area contributed by atoms with Gasteiger partial charge in [-0.25, -0.2) is 5.84 Å². The molecule has 0 fully saturated rings. The van der Waals surface area contributed by atoms with Crippen LogP contribution in [0.1, 0.15) is 69.1 Å². The van der Waals surface area contributed by atoms with Crippen molar-refractivity contribution in [3.8, 4) is 0 Å². The number of aliphatic carboxylic acids is 1. The van der Waals surface area contributed by atoms with E-state index in [1.165, 1.54) is 5.56 Å². The van der Waals surface area contributed by atoms with Gasteiger partial charge in [-0.2, -0.15) is 0 Å². The maximum Gasteiger partial charge on any atom is 0.307 e. The van der Waals surface area contributed by atoms with Gasteiger partial charge >= 0.3 is 5.97 Å². The molecule has 0 saturated heterocycles. The Morgan fingerprint density at radius 1 is 1.03 bits per heavy atom. The van der Waals surface area contributed by atoms with Gasteiger partial charge in [0, 0.05) is 31.1 Å². The predicted octanol–water partition coefficient (Wildman–Crippen LogP) is 4.95. The first-order valence-corrected chi connectivity index (χ1v) is 13.2. The quantitative estimate of drug-likeness (QED) is 0.234. The summed E-state index contributed by atoms with van der Waals surface area (Å²) in [4.78, 5) is 27.4. The number of nitrogen functional groups attached to an aromatic ring is 1. The first-order valence-electron chi connectivity index (χ1n) is 13.2. The highest BCUT2D eigenvalue weighted by Crippen LogP contribution is 2.39. The molecule has 7 heteroatoms. The van der Waals surface area contributed by atoms with Crippen molar-refractivity contribution in [1.29, 1.82) is 0 Å². The minimum atomic E-state index is -0.879. The molecule has 4 rings (SSSR count). The Kier molecular flexibility index (Phi) is 7.78.